The maximum absolute atomic E-state index is 10.8. The van der Waals surface area contributed by atoms with E-state index in [9.17, 15) is 4.79 Å². The number of benzene rings is 2. The van der Waals surface area contributed by atoms with E-state index in [-0.39, 0.29) is 6.04 Å². The van der Waals surface area contributed by atoms with Crippen molar-refractivity contribution in [1.29, 1.82) is 0 Å². The maximum Gasteiger partial charge on any atom is 0.335 e. The summed E-state index contributed by atoms with van der Waals surface area (Å²) in [5, 5.41) is 12.3. The van der Waals surface area contributed by atoms with E-state index in [2.05, 4.69) is 44.3 Å². The molecule has 0 saturated carbocycles. The van der Waals surface area contributed by atoms with Gasteiger partial charge in [0.05, 0.1) is 5.56 Å². The first kappa shape index (κ1) is 15.3. The first-order valence-corrected chi connectivity index (χ1v) is 7.10. The lowest BCUT2D eigenvalue weighted by atomic mass is 10.0. The lowest BCUT2D eigenvalue weighted by Crippen LogP contribution is -2.18. The molecule has 0 spiro atoms. The molecule has 2 N–H and O–H groups in total. The molecule has 3 heteroatoms. The predicted octanol–water partition coefficient (Wildman–Crippen LogP) is 3.85. The van der Waals surface area contributed by atoms with Crippen molar-refractivity contribution in [2.45, 2.75) is 33.4 Å². The predicted molar refractivity (Wildman–Crippen MR) is 84.6 cm³/mol. The number of aromatic carboxylic acids is 1. The number of carboxylic acids is 1. The second-order valence-corrected chi connectivity index (χ2v) is 5.45. The third kappa shape index (κ3) is 3.92. The molecule has 0 aliphatic heterocycles. The van der Waals surface area contributed by atoms with Crippen LogP contribution in [-0.2, 0) is 6.54 Å². The van der Waals surface area contributed by atoms with Gasteiger partial charge in [0.15, 0.2) is 0 Å². The van der Waals surface area contributed by atoms with Crippen molar-refractivity contribution < 1.29 is 9.90 Å². The largest absolute Gasteiger partial charge is 0.478 e. The summed E-state index contributed by atoms with van der Waals surface area (Å²) < 4.78 is 0. The number of aryl methyl sites for hydroxylation is 2. The Bertz CT molecular complexity index is 632. The molecule has 2 aromatic rings. The third-order valence-electron chi connectivity index (χ3n) is 3.84. The van der Waals surface area contributed by atoms with Crippen LogP contribution >= 0.6 is 0 Å². The van der Waals surface area contributed by atoms with Crippen molar-refractivity contribution in [2.75, 3.05) is 0 Å². The number of nitrogens with one attached hydrogen (secondary N) is 1. The van der Waals surface area contributed by atoms with Crippen LogP contribution in [0.15, 0.2) is 42.5 Å². The standard InChI is InChI=1S/C18H21NO2/c1-12-4-7-17(10-13(12)2)14(3)19-11-15-5-8-16(9-6-15)18(20)21/h4-10,14,19H,11H2,1-3H3,(H,20,21). The molecule has 110 valence electrons. The van der Waals surface area contributed by atoms with Gasteiger partial charge in [0, 0.05) is 12.6 Å². The average Bonchev–Trinajstić information content (AvgIpc) is 2.48. The fourth-order valence-electron chi connectivity index (χ4n) is 2.19. The number of carbonyl (C=O) groups is 1. The lowest BCUT2D eigenvalue weighted by Gasteiger charge is -2.16. The summed E-state index contributed by atoms with van der Waals surface area (Å²) in [6.07, 6.45) is 0. The second kappa shape index (κ2) is 6.55. The van der Waals surface area contributed by atoms with Crippen LogP contribution in [-0.4, -0.2) is 11.1 Å². The zero-order valence-corrected chi connectivity index (χ0v) is 12.7. The second-order valence-electron chi connectivity index (χ2n) is 5.45. The van der Waals surface area contributed by atoms with Crippen molar-refractivity contribution in [1.82, 2.24) is 5.32 Å². The van der Waals surface area contributed by atoms with Crippen molar-refractivity contribution in [3.63, 3.8) is 0 Å². The molecule has 0 heterocycles. The van der Waals surface area contributed by atoms with E-state index in [4.69, 9.17) is 5.11 Å². The Balaban J connectivity index is 1.98. The van der Waals surface area contributed by atoms with Crippen molar-refractivity contribution in [2.24, 2.45) is 0 Å². The molecule has 2 aromatic carbocycles. The molecule has 0 bridgehead atoms. The molecule has 0 aliphatic rings. The number of hydrogen-bond donors (Lipinski definition) is 2. The summed E-state index contributed by atoms with van der Waals surface area (Å²) in [6, 6.07) is 13.7. The van der Waals surface area contributed by atoms with E-state index in [1.54, 1.807) is 12.1 Å². The van der Waals surface area contributed by atoms with E-state index in [1.165, 1.54) is 16.7 Å². The number of hydrogen-bond acceptors (Lipinski definition) is 2. The van der Waals surface area contributed by atoms with Crippen LogP contribution in [0, 0.1) is 13.8 Å². The minimum atomic E-state index is -0.891. The molecular formula is C18H21NO2. The first-order valence-electron chi connectivity index (χ1n) is 7.10. The molecule has 1 atom stereocenters. The lowest BCUT2D eigenvalue weighted by molar-refractivity contribution is 0.0697. The average molecular weight is 283 g/mol. The van der Waals surface area contributed by atoms with Crippen LogP contribution < -0.4 is 5.32 Å². The van der Waals surface area contributed by atoms with Gasteiger partial charge in [-0.2, -0.15) is 0 Å². The number of carboxylic acid groups (broad SMARTS) is 1. The molecule has 0 aromatic heterocycles. The summed E-state index contributed by atoms with van der Waals surface area (Å²) in [5.41, 5.74) is 5.26. The molecule has 0 amide bonds. The van der Waals surface area contributed by atoms with Crippen LogP contribution in [0.3, 0.4) is 0 Å². The minimum absolute atomic E-state index is 0.253. The smallest absolute Gasteiger partial charge is 0.335 e. The molecule has 0 fully saturated rings. The van der Waals surface area contributed by atoms with Crippen LogP contribution in [0.5, 0.6) is 0 Å². The summed E-state index contributed by atoms with van der Waals surface area (Å²) in [4.78, 5) is 10.8. The highest BCUT2D eigenvalue weighted by Crippen LogP contribution is 2.17. The van der Waals surface area contributed by atoms with Crippen LogP contribution in [0.1, 0.15) is 45.6 Å². The molecule has 21 heavy (non-hydrogen) atoms. The Morgan fingerprint density at radius 3 is 2.33 bits per heavy atom. The molecule has 3 nitrogen and oxygen atoms in total. The van der Waals surface area contributed by atoms with Crippen molar-refractivity contribution >= 4 is 5.97 Å². The molecule has 2 rings (SSSR count). The van der Waals surface area contributed by atoms with Gasteiger partial charge in [-0.25, -0.2) is 4.79 Å². The zero-order chi connectivity index (χ0) is 15.4. The fraction of sp³-hybridized carbons (Fsp3) is 0.278. The third-order valence-corrected chi connectivity index (χ3v) is 3.84. The molecule has 0 saturated heterocycles. The van der Waals surface area contributed by atoms with Crippen LogP contribution in [0.25, 0.3) is 0 Å². The Labute approximate surface area is 125 Å². The highest BCUT2D eigenvalue weighted by Gasteiger charge is 2.07. The fourth-order valence-corrected chi connectivity index (χ4v) is 2.19. The van der Waals surface area contributed by atoms with Gasteiger partial charge >= 0.3 is 5.97 Å². The Morgan fingerprint density at radius 2 is 1.76 bits per heavy atom. The zero-order valence-electron chi connectivity index (χ0n) is 12.7. The topological polar surface area (TPSA) is 49.3 Å². The first-order chi connectivity index (χ1) is 9.97. The van der Waals surface area contributed by atoms with Crippen molar-refractivity contribution in [3.05, 3.63) is 70.3 Å². The Hall–Kier alpha value is -2.13. The highest BCUT2D eigenvalue weighted by molar-refractivity contribution is 5.87. The summed E-state index contributed by atoms with van der Waals surface area (Å²) >= 11 is 0. The van der Waals surface area contributed by atoms with Gasteiger partial charge < -0.3 is 10.4 Å². The summed E-state index contributed by atoms with van der Waals surface area (Å²) in [5.74, 6) is -0.891. The maximum atomic E-state index is 10.8. The normalized spacial score (nSPS) is 12.1. The van der Waals surface area contributed by atoms with Gasteiger partial charge in [0.1, 0.15) is 0 Å². The molecule has 0 radical (unpaired) electrons. The van der Waals surface area contributed by atoms with Gasteiger partial charge in [0.2, 0.25) is 0 Å². The quantitative estimate of drug-likeness (QED) is 0.876. The SMILES string of the molecule is Cc1ccc(C(C)NCc2ccc(C(=O)O)cc2)cc1C. The van der Waals surface area contributed by atoms with Gasteiger partial charge in [-0.15, -0.1) is 0 Å². The Kier molecular flexibility index (Phi) is 4.76. The van der Waals surface area contributed by atoms with Gasteiger partial charge in [-0.1, -0.05) is 30.3 Å². The van der Waals surface area contributed by atoms with E-state index in [1.807, 2.05) is 12.1 Å². The van der Waals surface area contributed by atoms with E-state index in [0.29, 0.717) is 12.1 Å². The van der Waals surface area contributed by atoms with E-state index < -0.39 is 5.97 Å². The van der Waals surface area contributed by atoms with Crippen molar-refractivity contribution in [3.8, 4) is 0 Å². The van der Waals surface area contributed by atoms with Crippen LogP contribution in [0.2, 0.25) is 0 Å². The minimum Gasteiger partial charge on any atom is -0.478 e. The van der Waals surface area contributed by atoms with E-state index >= 15 is 0 Å². The Morgan fingerprint density at radius 1 is 1.10 bits per heavy atom. The molecule has 1 unspecified atom stereocenters. The molecular weight excluding hydrogens is 262 g/mol. The summed E-state index contributed by atoms with van der Waals surface area (Å²) in [6.45, 7) is 7.08. The van der Waals surface area contributed by atoms with Crippen LogP contribution in [0.4, 0.5) is 0 Å². The van der Waals surface area contributed by atoms with Gasteiger partial charge in [0.25, 0.3) is 0 Å². The highest BCUT2D eigenvalue weighted by atomic mass is 16.4. The van der Waals surface area contributed by atoms with E-state index in [0.717, 1.165) is 5.56 Å². The summed E-state index contributed by atoms with van der Waals surface area (Å²) in [7, 11) is 0. The van der Waals surface area contributed by atoms with Gasteiger partial charge in [-0.05, 0) is 55.2 Å². The molecule has 0 aliphatic carbocycles. The van der Waals surface area contributed by atoms with Gasteiger partial charge in [-0.3, -0.25) is 0 Å². The number of rotatable bonds is 5. The monoisotopic (exact) mass is 283 g/mol.